The first-order valence-corrected chi connectivity index (χ1v) is 7.69. The highest BCUT2D eigenvalue weighted by Crippen LogP contribution is 2.23. The zero-order valence-corrected chi connectivity index (χ0v) is 13.5. The molecule has 0 radical (unpaired) electrons. The Bertz CT molecular complexity index is 798. The third-order valence-corrected chi connectivity index (χ3v) is 3.92. The number of anilines is 1. The first kappa shape index (κ1) is 15.5. The first-order valence-electron chi connectivity index (χ1n) is 7.69. The maximum atomic E-state index is 12.3. The lowest BCUT2D eigenvalue weighted by Gasteiger charge is -2.12. The molecule has 0 aliphatic heterocycles. The molecule has 2 aromatic heterocycles. The molecule has 7 nitrogen and oxygen atoms in total. The second-order valence-corrected chi connectivity index (χ2v) is 6.83. The molecule has 0 aromatic carbocycles. The van der Waals surface area contributed by atoms with Crippen LogP contribution in [0.15, 0.2) is 21.7 Å². The van der Waals surface area contributed by atoms with Crippen molar-refractivity contribution in [3.05, 3.63) is 39.7 Å². The molecule has 0 saturated carbocycles. The van der Waals surface area contributed by atoms with E-state index in [1.807, 2.05) is 20.8 Å². The van der Waals surface area contributed by atoms with Crippen LogP contribution < -0.4 is 10.9 Å². The number of carbonyl (C=O) groups is 1. The van der Waals surface area contributed by atoms with Crippen LogP contribution in [0, 0.1) is 0 Å². The summed E-state index contributed by atoms with van der Waals surface area (Å²) in [5.74, 6) is -0.0643. The van der Waals surface area contributed by atoms with Crippen molar-refractivity contribution >= 4 is 11.8 Å². The van der Waals surface area contributed by atoms with Gasteiger partial charge in [-0.15, -0.1) is 0 Å². The Hall–Kier alpha value is -2.44. The summed E-state index contributed by atoms with van der Waals surface area (Å²) in [5, 5.41) is 6.56. The number of fused-ring (bicyclic) bond motifs is 1. The summed E-state index contributed by atoms with van der Waals surface area (Å²) in [7, 11) is 0. The molecule has 7 heteroatoms. The topological polar surface area (TPSA) is 90.0 Å². The molecule has 3 rings (SSSR count). The Kier molecular flexibility index (Phi) is 3.79. The van der Waals surface area contributed by atoms with Gasteiger partial charge < -0.3 is 4.52 Å². The summed E-state index contributed by atoms with van der Waals surface area (Å²) in [6.45, 7) is 5.93. The van der Waals surface area contributed by atoms with E-state index in [1.54, 1.807) is 6.07 Å². The molecule has 0 bridgehead atoms. The number of amides is 1. The number of nitrogens with zero attached hydrogens (tertiary/aromatic N) is 3. The van der Waals surface area contributed by atoms with Crippen molar-refractivity contribution in [1.29, 1.82) is 0 Å². The zero-order chi connectivity index (χ0) is 16.6. The van der Waals surface area contributed by atoms with Gasteiger partial charge in [-0.05, 0) is 19.3 Å². The lowest BCUT2D eigenvalue weighted by atomic mass is 9.92. The smallest absolute Gasteiger partial charge is 0.257 e. The van der Waals surface area contributed by atoms with Crippen LogP contribution in [0.3, 0.4) is 0 Å². The van der Waals surface area contributed by atoms with Gasteiger partial charge >= 0.3 is 0 Å². The van der Waals surface area contributed by atoms with E-state index in [4.69, 9.17) is 4.52 Å². The van der Waals surface area contributed by atoms with Gasteiger partial charge in [-0.2, -0.15) is 0 Å². The summed E-state index contributed by atoms with van der Waals surface area (Å²) in [6.07, 6.45) is 3.96. The van der Waals surface area contributed by atoms with Crippen molar-refractivity contribution in [2.75, 3.05) is 5.32 Å². The highest BCUT2D eigenvalue weighted by atomic mass is 16.5. The van der Waals surface area contributed by atoms with E-state index in [2.05, 4.69) is 15.5 Å². The summed E-state index contributed by atoms with van der Waals surface area (Å²) in [6, 6.07) is 1.70. The third kappa shape index (κ3) is 3.18. The number of hydrogen-bond donors (Lipinski definition) is 1. The van der Waals surface area contributed by atoms with E-state index < -0.39 is 0 Å². The van der Waals surface area contributed by atoms with Gasteiger partial charge in [-0.25, -0.2) is 4.98 Å². The SMILES string of the molecule is CC(C)(C)c1cc(NC(=O)Cn2cnc3c(c2=O)CCC3)on1. The van der Waals surface area contributed by atoms with Crippen molar-refractivity contribution in [2.45, 2.75) is 52.0 Å². The van der Waals surface area contributed by atoms with Crippen LogP contribution >= 0.6 is 0 Å². The molecule has 0 atom stereocenters. The molecule has 0 unspecified atom stereocenters. The number of nitrogens with one attached hydrogen (secondary N) is 1. The molecule has 0 saturated heterocycles. The molecule has 1 amide bonds. The van der Waals surface area contributed by atoms with Crippen LogP contribution in [0.2, 0.25) is 0 Å². The Morgan fingerprint density at radius 1 is 1.39 bits per heavy atom. The van der Waals surface area contributed by atoms with Gasteiger partial charge in [0.1, 0.15) is 6.54 Å². The predicted molar refractivity (Wildman–Crippen MR) is 84.4 cm³/mol. The van der Waals surface area contributed by atoms with Crippen LogP contribution in [0.1, 0.15) is 44.1 Å². The van der Waals surface area contributed by atoms with Gasteiger partial charge in [0.15, 0.2) is 0 Å². The van der Waals surface area contributed by atoms with E-state index >= 15 is 0 Å². The normalized spacial score (nSPS) is 13.9. The molecule has 1 aliphatic rings. The van der Waals surface area contributed by atoms with Crippen molar-refractivity contribution in [2.24, 2.45) is 0 Å². The fourth-order valence-corrected chi connectivity index (χ4v) is 2.60. The van der Waals surface area contributed by atoms with Crippen LogP contribution in [0.25, 0.3) is 0 Å². The minimum Gasteiger partial charge on any atom is -0.338 e. The second-order valence-electron chi connectivity index (χ2n) is 6.83. The summed E-state index contributed by atoms with van der Waals surface area (Å²) in [4.78, 5) is 28.7. The average molecular weight is 316 g/mol. The highest BCUT2D eigenvalue weighted by Gasteiger charge is 2.21. The zero-order valence-electron chi connectivity index (χ0n) is 13.5. The lowest BCUT2D eigenvalue weighted by Crippen LogP contribution is -2.30. The van der Waals surface area contributed by atoms with Gasteiger partial charge in [0, 0.05) is 17.0 Å². The molecule has 1 aliphatic carbocycles. The summed E-state index contributed by atoms with van der Waals surface area (Å²) < 4.78 is 6.45. The Balaban J connectivity index is 1.71. The van der Waals surface area contributed by atoms with E-state index in [0.717, 1.165) is 36.2 Å². The van der Waals surface area contributed by atoms with Crippen LogP contribution in [-0.2, 0) is 29.6 Å². The summed E-state index contributed by atoms with van der Waals surface area (Å²) in [5.41, 5.74) is 2.05. The predicted octanol–water partition coefficient (Wildman–Crippen LogP) is 1.66. The number of rotatable bonds is 3. The van der Waals surface area contributed by atoms with Crippen LogP contribution in [0.5, 0.6) is 0 Å². The average Bonchev–Trinajstić information content (AvgIpc) is 3.10. The fraction of sp³-hybridized carbons (Fsp3) is 0.500. The summed E-state index contributed by atoms with van der Waals surface area (Å²) >= 11 is 0. The maximum Gasteiger partial charge on any atom is 0.257 e. The largest absolute Gasteiger partial charge is 0.338 e. The van der Waals surface area contributed by atoms with Crippen molar-refractivity contribution in [3.63, 3.8) is 0 Å². The van der Waals surface area contributed by atoms with E-state index in [0.29, 0.717) is 0 Å². The molecule has 1 N–H and O–H groups in total. The number of aromatic nitrogens is 3. The quantitative estimate of drug-likeness (QED) is 0.930. The Morgan fingerprint density at radius 2 is 2.17 bits per heavy atom. The molecule has 23 heavy (non-hydrogen) atoms. The van der Waals surface area contributed by atoms with Gasteiger partial charge in [-0.3, -0.25) is 19.5 Å². The molecule has 2 heterocycles. The van der Waals surface area contributed by atoms with Crippen LogP contribution in [0.4, 0.5) is 5.88 Å². The lowest BCUT2D eigenvalue weighted by molar-refractivity contribution is -0.116. The van der Waals surface area contributed by atoms with E-state index in [-0.39, 0.29) is 29.3 Å². The maximum absolute atomic E-state index is 12.3. The van der Waals surface area contributed by atoms with Gasteiger partial charge in [0.05, 0.1) is 17.7 Å². The Labute approximate surface area is 133 Å². The number of aryl methyl sites for hydroxylation is 1. The van der Waals surface area contributed by atoms with Crippen molar-refractivity contribution < 1.29 is 9.32 Å². The second kappa shape index (κ2) is 5.64. The minimum absolute atomic E-state index is 0.0926. The molecule has 2 aromatic rings. The van der Waals surface area contributed by atoms with Crippen LogP contribution in [-0.4, -0.2) is 20.6 Å². The molecular weight excluding hydrogens is 296 g/mol. The minimum atomic E-state index is -0.344. The molecule has 0 spiro atoms. The van der Waals surface area contributed by atoms with E-state index in [1.165, 1.54) is 10.9 Å². The fourth-order valence-electron chi connectivity index (χ4n) is 2.60. The van der Waals surface area contributed by atoms with Gasteiger partial charge in [-0.1, -0.05) is 25.9 Å². The molecule has 0 fully saturated rings. The van der Waals surface area contributed by atoms with Crippen molar-refractivity contribution in [3.8, 4) is 0 Å². The molecule has 122 valence electrons. The Morgan fingerprint density at radius 3 is 2.87 bits per heavy atom. The molecular formula is C16H20N4O3. The van der Waals surface area contributed by atoms with E-state index in [9.17, 15) is 9.59 Å². The van der Waals surface area contributed by atoms with Crippen molar-refractivity contribution in [1.82, 2.24) is 14.7 Å². The third-order valence-electron chi connectivity index (χ3n) is 3.92. The standard InChI is InChI=1S/C16H20N4O3/c1-16(2,3)12-7-14(23-19-12)18-13(21)8-20-9-17-11-6-4-5-10(11)15(20)22/h7,9H,4-6,8H2,1-3H3,(H,18,21). The number of carbonyl (C=O) groups excluding carboxylic acids is 1. The van der Waals surface area contributed by atoms with Gasteiger partial charge in [0.2, 0.25) is 11.8 Å². The number of hydrogen-bond acceptors (Lipinski definition) is 5. The van der Waals surface area contributed by atoms with Gasteiger partial charge in [0.25, 0.3) is 5.56 Å². The highest BCUT2D eigenvalue weighted by molar-refractivity contribution is 5.89. The first-order chi connectivity index (χ1) is 10.8. The monoisotopic (exact) mass is 316 g/mol.